The van der Waals surface area contributed by atoms with E-state index in [9.17, 15) is 9.59 Å². The molecule has 0 aromatic heterocycles. The van der Waals surface area contributed by atoms with Gasteiger partial charge in [-0.05, 0) is 5.57 Å². The topological polar surface area (TPSA) is 77.8 Å². The van der Waals surface area contributed by atoms with Crippen LogP contribution in [0.2, 0.25) is 0 Å². The Morgan fingerprint density at radius 2 is 2.27 bits per heavy atom. The van der Waals surface area contributed by atoms with Crippen molar-refractivity contribution in [3.63, 3.8) is 0 Å². The number of carboxylic acid groups (broad SMARTS) is 1. The first-order valence-corrected chi connectivity index (χ1v) is 5.20. The van der Waals surface area contributed by atoms with Crippen molar-refractivity contribution in [1.29, 1.82) is 0 Å². The van der Waals surface area contributed by atoms with Gasteiger partial charge in [0.15, 0.2) is 0 Å². The van der Waals surface area contributed by atoms with Gasteiger partial charge in [0.1, 0.15) is 5.70 Å². The molecule has 2 rings (SSSR count). The first kappa shape index (κ1) is 13.1. The molecular weight excluding hydrogens is 229 g/mol. The number of aliphatic carboxylic acids is 1. The molecule has 7 heteroatoms. The molecule has 2 heterocycles. The molecule has 2 aliphatic heterocycles. The Morgan fingerprint density at radius 3 is 2.73 bits per heavy atom. The Balaban J connectivity index is 0.00000112. The molecule has 1 amide bonds. The zero-order valence-electron chi connectivity index (χ0n) is 7.27. The van der Waals surface area contributed by atoms with Crippen LogP contribution in [0.3, 0.4) is 0 Å². The molecule has 78 valence electrons. The zero-order valence-corrected chi connectivity index (χ0v) is 8.08. The molecule has 2 N–H and O–H groups in total. The molecule has 0 aromatic rings. The number of fused-ring (bicyclic) bond motifs is 1. The predicted octanol–water partition coefficient (Wildman–Crippen LogP) is -1.03. The quantitative estimate of drug-likeness (QED) is 0.476. The van der Waals surface area contributed by atoms with Gasteiger partial charge in [0, 0.05) is 5.75 Å². The molecule has 2 aliphatic rings. The van der Waals surface area contributed by atoms with E-state index < -0.39 is 5.97 Å². The second-order valence-electron chi connectivity index (χ2n) is 3.15. The first-order valence-electron chi connectivity index (χ1n) is 4.15. The van der Waals surface area contributed by atoms with Gasteiger partial charge in [-0.1, -0.05) is 0 Å². The Morgan fingerprint density at radius 1 is 1.60 bits per heavy atom. The summed E-state index contributed by atoms with van der Waals surface area (Å²) in [5, 5.41) is 17.8. The maximum atomic E-state index is 11.2. The molecule has 0 aliphatic carbocycles. The van der Waals surface area contributed by atoms with Crippen molar-refractivity contribution in [2.45, 2.75) is 11.8 Å². The summed E-state index contributed by atoms with van der Waals surface area (Å²) in [7, 11) is 0. The fourth-order valence-corrected chi connectivity index (χ4v) is 2.85. The predicted molar refractivity (Wildman–Crippen MR) is 56.6 cm³/mol. The SMILES string of the molecule is O=C(O)C1=C(CO)CS[C@@H]2CC(=O)N12.[NaH]. The third-order valence-corrected chi connectivity index (χ3v) is 3.60. The second-order valence-corrected chi connectivity index (χ2v) is 4.32. The van der Waals surface area contributed by atoms with Crippen molar-refractivity contribution >= 4 is 53.2 Å². The average Bonchev–Trinajstić information content (AvgIpc) is 2.15. The molecule has 1 saturated heterocycles. The number of thioether (sulfide) groups is 1. The van der Waals surface area contributed by atoms with Crippen LogP contribution in [-0.2, 0) is 9.59 Å². The van der Waals surface area contributed by atoms with E-state index in [0.29, 0.717) is 17.7 Å². The van der Waals surface area contributed by atoms with Crippen LogP contribution < -0.4 is 0 Å². The van der Waals surface area contributed by atoms with Gasteiger partial charge < -0.3 is 10.2 Å². The summed E-state index contributed by atoms with van der Waals surface area (Å²) >= 11 is 1.49. The van der Waals surface area contributed by atoms with Gasteiger partial charge in [-0.25, -0.2) is 4.79 Å². The van der Waals surface area contributed by atoms with E-state index in [0.717, 1.165) is 0 Å². The minimum atomic E-state index is -1.13. The molecule has 0 radical (unpaired) electrons. The average molecular weight is 239 g/mol. The van der Waals surface area contributed by atoms with Crippen LogP contribution in [-0.4, -0.2) is 74.3 Å². The maximum absolute atomic E-state index is 11.2. The summed E-state index contributed by atoms with van der Waals surface area (Å²) < 4.78 is 0. The summed E-state index contributed by atoms with van der Waals surface area (Å²) in [4.78, 5) is 23.3. The van der Waals surface area contributed by atoms with Crippen molar-refractivity contribution in [3.05, 3.63) is 11.3 Å². The standard InChI is InChI=1S/C8H9NO4S.Na.H/c10-2-4-3-14-6-1-5(11)9(6)7(4)8(12)13;;/h6,10H,1-3H2,(H,12,13);;/t6-;;/m1../s1. The number of rotatable bonds is 2. The number of aliphatic hydroxyl groups excluding tert-OH is 1. The number of β-lactam (4-membered cyclic amide) rings is 1. The van der Waals surface area contributed by atoms with E-state index in [1.807, 2.05) is 0 Å². The van der Waals surface area contributed by atoms with Crippen LogP contribution in [0, 0.1) is 0 Å². The Hall–Kier alpha value is -0.0100. The summed E-state index contributed by atoms with van der Waals surface area (Å²) in [5.41, 5.74) is 0.402. The van der Waals surface area contributed by atoms with Crippen LogP contribution in [0.5, 0.6) is 0 Å². The van der Waals surface area contributed by atoms with Crippen LogP contribution in [0.15, 0.2) is 11.3 Å². The molecule has 0 bridgehead atoms. The Bertz CT molecular complexity index is 344. The van der Waals surface area contributed by atoms with Crippen LogP contribution in [0.1, 0.15) is 6.42 Å². The van der Waals surface area contributed by atoms with Crippen molar-refractivity contribution in [1.82, 2.24) is 4.90 Å². The summed E-state index contributed by atoms with van der Waals surface area (Å²) in [6, 6.07) is 0. The molecule has 0 spiro atoms. The molecule has 15 heavy (non-hydrogen) atoms. The van der Waals surface area contributed by atoms with Gasteiger partial charge in [0.2, 0.25) is 5.91 Å². The van der Waals surface area contributed by atoms with Gasteiger partial charge in [-0.3, -0.25) is 9.69 Å². The van der Waals surface area contributed by atoms with E-state index in [1.165, 1.54) is 16.7 Å². The van der Waals surface area contributed by atoms with Gasteiger partial charge >= 0.3 is 35.5 Å². The van der Waals surface area contributed by atoms with Crippen LogP contribution >= 0.6 is 11.8 Å². The van der Waals surface area contributed by atoms with E-state index >= 15 is 0 Å². The second kappa shape index (κ2) is 4.88. The number of amides is 1. The summed E-state index contributed by atoms with van der Waals surface area (Å²) in [6.07, 6.45) is 0.403. The number of carboxylic acids is 1. The third kappa shape index (κ3) is 2.09. The molecule has 0 aromatic carbocycles. The molecule has 1 atom stereocenters. The fraction of sp³-hybridized carbons (Fsp3) is 0.500. The van der Waals surface area contributed by atoms with Gasteiger partial charge in [0.25, 0.3) is 0 Å². The first-order chi connectivity index (χ1) is 6.65. The Labute approximate surface area is 113 Å². The number of carbonyl (C=O) groups excluding carboxylic acids is 1. The van der Waals surface area contributed by atoms with E-state index in [2.05, 4.69) is 0 Å². The monoisotopic (exact) mass is 239 g/mol. The van der Waals surface area contributed by atoms with E-state index in [-0.39, 0.29) is 53.1 Å². The van der Waals surface area contributed by atoms with Crippen molar-refractivity contribution in [2.75, 3.05) is 12.4 Å². The van der Waals surface area contributed by atoms with Crippen molar-refractivity contribution in [3.8, 4) is 0 Å². The summed E-state index contributed by atoms with van der Waals surface area (Å²) in [5.74, 6) is -0.815. The molecule has 0 unspecified atom stereocenters. The zero-order chi connectivity index (χ0) is 10.3. The molecule has 0 saturated carbocycles. The van der Waals surface area contributed by atoms with Crippen LogP contribution in [0.25, 0.3) is 0 Å². The van der Waals surface area contributed by atoms with Gasteiger partial charge in [-0.15, -0.1) is 11.8 Å². The summed E-state index contributed by atoms with van der Waals surface area (Å²) in [6.45, 7) is -0.300. The fourth-order valence-electron chi connectivity index (χ4n) is 1.60. The third-order valence-electron chi connectivity index (χ3n) is 2.33. The molecule has 5 nitrogen and oxygen atoms in total. The minimum absolute atomic E-state index is 0. The number of hydrogen-bond donors (Lipinski definition) is 2. The number of aliphatic hydroxyl groups is 1. The Kier molecular flexibility index (Phi) is 4.25. The van der Waals surface area contributed by atoms with Crippen LogP contribution in [0.4, 0.5) is 0 Å². The molecular formula is C8H10NNaO4S. The number of carbonyl (C=O) groups is 2. The van der Waals surface area contributed by atoms with Crippen molar-refractivity contribution in [2.24, 2.45) is 0 Å². The molecule has 1 fully saturated rings. The van der Waals surface area contributed by atoms with E-state index in [1.54, 1.807) is 0 Å². The van der Waals surface area contributed by atoms with E-state index in [4.69, 9.17) is 10.2 Å². The van der Waals surface area contributed by atoms with Crippen molar-refractivity contribution < 1.29 is 19.8 Å². The number of hydrogen-bond acceptors (Lipinski definition) is 4. The van der Waals surface area contributed by atoms with Gasteiger partial charge in [-0.2, -0.15) is 0 Å². The van der Waals surface area contributed by atoms with Gasteiger partial charge in [0.05, 0.1) is 18.4 Å². The number of nitrogens with zero attached hydrogens (tertiary/aromatic N) is 1. The normalized spacial score (nSPS) is 24.2.